The van der Waals surface area contributed by atoms with Crippen molar-refractivity contribution >= 4 is 17.5 Å². The molecule has 2 aromatic carbocycles. The fraction of sp³-hybridized carbons (Fsp3) is 0.364. The third kappa shape index (κ3) is 7.08. The molecule has 1 atom stereocenters. The summed E-state index contributed by atoms with van der Waals surface area (Å²) in [5, 5.41) is 29.8. The number of rotatable bonds is 9. The van der Waals surface area contributed by atoms with Gasteiger partial charge in [0.1, 0.15) is 18.0 Å². The Balaban J connectivity index is 1.46. The van der Waals surface area contributed by atoms with E-state index in [4.69, 9.17) is 5.26 Å². The number of β-amino-alcohol motifs (C(OH)–C–C–N with tert-alkyl or cyclic N) is 1. The van der Waals surface area contributed by atoms with Gasteiger partial charge in [-0.3, -0.25) is 14.6 Å². The van der Waals surface area contributed by atoms with Crippen molar-refractivity contribution in [2.45, 2.75) is 50.8 Å². The molecule has 1 saturated heterocycles. The molecule has 0 bridgehead atoms. The van der Waals surface area contributed by atoms with E-state index in [1.54, 1.807) is 7.05 Å². The number of nitrogens with zero attached hydrogens (tertiary/aromatic N) is 7. The van der Waals surface area contributed by atoms with Crippen molar-refractivity contribution < 1.29 is 36.2 Å². The molecule has 0 radical (unpaired) electrons. The van der Waals surface area contributed by atoms with Crippen molar-refractivity contribution in [3.63, 3.8) is 0 Å². The molecular formula is C33H30F6N8O2. The summed E-state index contributed by atoms with van der Waals surface area (Å²) in [5.74, 6) is -0.440. The average molecular weight is 685 g/mol. The van der Waals surface area contributed by atoms with Crippen LogP contribution in [0.15, 0.2) is 48.8 Å². The van der Waals surface area contributed by atoms with E-state index in [-0.39, 0.29) is 70.4 Å². The van der Waals surface area contributed by atoms with E-state index in [0.717, 1.165) is 23.1 Å². The number of carbonyl (C=O) groups excluding carboxylic acids is 1. The molecule has 256 valence electrons. The molecule has 6 rings (SSSR count). The summed E-state index contributed by atoms with van der Waals surface area (Å²) in [5.41, 5.74) is -1.51. The highest BCUT2D eigenvalue weighted by Crippen LogP contribution is 2.42. The number of benzene rings is 2. The minimum atomic E-state index is -4.79. The van der Waals surface area contributed by atoms with Gasteiger partial charge in [-0.1, -0.05) is 0 Å². The van der Waals surface area contributed by atoms with Crippen molar-refractivity contribution in [3.8, 4) is 28.6 Å². The molecule has 0 unspecified atom stereocenters. The maximum atomic E-state index is 14.4. The number of nitrogens with one attached hydrogen (secondary N) is 1. The van der Waals surface area contributed by atoms with Crippen LogP contribution in [-0.2, 0) is 32.5 Å². The number of nitriles is 1. The molecule has 0 aliphatic carbocycles. The number of hydrogen-bond acceptors (Lipinski definition) is 8. The van der Waals surface area contributed by atoms with Crippen LogP contribution in [0.5, 0.6) is 0 Å². The number of likely N-dealkylation sites (tertiary alicyclic amines) is 1. The standard InChI is InChI=1S/C33H30F6N8O2/c1-45-18-42-44-30(45)23-5-4-21(32(34,35)36)14-24(23)20-12-28(41-8-3-2-7-40)43-29(13-20)47-17-26-25(31(47)49)10-19(11-27(26)33(37,38)39)15-46-9-6-22(48)16-46/h4-5,10-14,18,22,48H,2-3,6,8-9,15-17H2,1H3,(H,41,43)/t22-/m1/s1. The Morgan fingerprint density at radius 1 is 1.04 bits per heavy atom. The zero-order valence-corrected chi connectivity index (χ0v) is 26.1. The van der Waals surface area contributed by atoms with Crippen LogP contribution in [-0.4, -0.2) is 61.4 Å². The first kappa shape index (κ1) is 33.9. The Labute approximate surface area is 276 Å². The monoisotopic (exact) mass is 684 g/mol. The lowest BCUT2D eigenvalue weighted by Crippen LogP contribution is -2.25. The van der Waals surface area contributed by atoms with E-state index in [1.165, 1.54) is 35.2 Å². The number of aryl methyl sites for hydroxylation is 1. The lowest BCUT2D eigenvalue weighted by Gasteiger charge is -2.20. The minimum Gasteiger partial charge on any atom is -0.392 e. The highest BCUT2D eigenvalue weighted by atomic mass is 19.4. The molecule has 0 saturated carbocycles. The molecule has 2 aromatic heterocycles. The van der Waals surface area contributed by atoms with Gasteiger partial charge in [0.05, 0.1) is 29.8 Å². The first-order chi connectivity index (χ1) is 23.2. The van der Waals surface area contributed by atoms with E-state index in [1.807, 2.05) is 11.0 Å². The number of anilines is 2. The molecule has 2 aliphatic rings. The summed E-state index contributed by atoms with van der Waals surface area (Å²) < 4.78 is 86.6. The van der Waals surface area contributed by atoms with E-state index < -0.39 is 42.0 Å². The Hall–Kier alpha value is -5.01. The van der Waals surface area contributed by atoms with Crippen molar-refractivity contribution in [2.75, 3.05) is 29.9 Å². The number of aliphatic hydroxyl groups excluding tert-OH is 1. The van der Waals surface area contributed by atoms with Crippen LogP contribution in [0, 0.1) is 11.3 Å². The highest BCUT2D eigenvalue weighted by molar-refractivity contribution is 6.10. The highest BCUT2D eigenvalue weighted by Gasteiger charge is 2.41. The molecular weight excluding hydrogens is 654 g/mol. The van der Waals surface area contributed by atoms with Crippen molar-refractivity contribution in [1.29, 1.82) is 5.26 Å². The minimum absolute atomic E-state index is 0.0740. The lowest BCUT2D eigenvalue weighted by atomic mass is 9.96. The average Bonchev–Trinajstić information content (AvgIpc) is 3.75. The number of pyridine rings is 1. The van der Waals surface area contributed by atoms with Crippen LogP contribution in [0.2, 0.25) is 0 Å². The number of fused-ring (bicyclic) bond motifs is 1. The summed E-state index contributed by atoms with van der Waals surface area (Å²) in [4.78, 5) is 21.3. The van der Waals surface area contributed by atoms with Crippen LogP contribution in [0.4, 0.5) is 38.0 Å². The second kappa shape index (κ2) is 13.1. The Morgan fingerprint density at radius 2 is 1.84 bits per heavy atom. The van der Waals surface area contributed by atoms with E-state index in [9.17, 15) is 36.2 Å². The van der Waals surface area contributed by atoms with Gasteiger partial charge in [-0.2, -0.15) is 31.6 Å². The first-order valence-corrected chi connectivity index (χ1v) is 15.4. The van der Waals surface area contributed by atoms with E-state index >= 15 is 0 Å². The summed E-state index contributed by atoms with van der Waals surface area (Å²) in [7, 11) is 1.62. The van der Waals surface area contributed by atoms with Crippen molar-refractivity contribution in [3.05, 3.63) is 76.6 Å². The molecule has 10 nitrogen and oxygen atoms in total. The third-order valence-corrected chi connectivity index (χ3v) is 8.53. The second-order valence-corrected chi connectivity index (χ2v) is 12.0. The van der Waals surface area contributed by atoms with Crippen LogP contribution in [0.1, 0.15) is 51.9 Å². The van der Waals surface area contributed by atoms with Gasteiger partial charge in [-0.05, 0) is 77.6 Å². The second-order valence-electron chi connectivity index (χ2n) is 12.0. The lowest BCUT2D eigenvalue weighted by molar-refractivity contribution is -0.138. The van der Waals surface area contributed by atoms with Crippen molar-refractivity contribution in [2.24, 2.45) is 7.05 Å². The van der Waals surface area contributed by atoms with Crippen LogP contribution >= 0.6 is 0 Å². The van der Waals surface area contributed by atoms with Crippen LogP contribution in [0.25, 0.3) is 22.5 Å². The maximum absolute atomic E-state index is 14.4. The quantitative estimate of drug-likeness (QED) is 0.162. The Morgan fingerprint density at radius 3 is 2.49 bits per heavy atom. The summed E-state index contributed by atoms with van der Waals surface area (Å²) in [6.45, 7) is 0.668. The molecule has 49 heavy (non-hydrogen) atoms. The van der Waals surface area contributed by atoms with Gasteiger partial charge in [-0.15, -0.1) is 10.2 Å². The fourth-order valence-corrected chi connectivity index (χ4v) is 6.18. The summed E-state index contributed by atoms with van der Waals surface area (Å²) in [6, 6.07) is 10.4. The maximum Gasteiger partial charge on any atom is 0.416 e. The molecule has 2 N–H and O–H groups in total. The van der Waals surface area contributed by atoms with Crippen LogP contribution < -0.4 is 10.2 Å². The van der Waals surface area contributed by atoms with Gasteiger partial charge in [0.2, 0.25) is 0 Å². The van der Waals surface area contributed by atoms with E-state index in [2.05, 4.69) is 20.5 Å². The first-order valence-electron chi connectivity index (χ1n) is 15.4. The molecule has 0 spiro atoms. The van der Waals surface area contributed by atoms with Gasteiger partial charge < -0.3 is 15.0 Å². The van der Waals surface area contributed by atoms with E-state index in [0.29, 0.717) is 25.9 Å². The molecule has 4 aromatic rings. The van der Waals surface area contributed by atoms with Gasteiger partial charge >= 0.3 is 12.4 Å². The number of aliphatic hydroxyl groups is 1. The topological polar surface area (TPSA) is 123 Å². The van der Waals surface area contributed by atoms with Gasteiger partial charge in [0, 0.05) is 50.8 Å². The van der Waals surface area contributed by atoms with Gasteiger partial charge in [0.25, 0.3) is 5.91 Å². The number of halogens is 6. The summed E-state index contributed by atoms with van der Waals surface area (Å²) in [6.07, 6.45) is -7.58. The zero-order valence-electron chi connectivity index (χ0n) is 26.1. The van der Waals surface area contributed by atoms with Gasteiger partial charge in [0.15, 0.2) is 5.82 Å². The Kier molecular flexibility index (Phi) is 9.07. The fourth-order valence-electron chi connectivity index (χ4n) is 6.18. The molecule has 2 aliphatic heterocycles. The largest absolute Gasteiger partial charge is 0.416 e. The number of alkyl halides is 6. The molecule has 16 heteroatoms. The molecule has 4 heterocycles. The third-order valence-electron chi connectivity index (χ3n) is 8.53. The number of carbonyl (C=O) groups is 1. The molecule has 1 amide bonds. The predicted octanol–water partition coefficient (Wildman–Crippen LogP) is 6.02. The molecule has 1 fully saturated rings. The number of hydrogen-bond donors (Lipinski definition) is 2. The van der Waals surface area contributed by atoms with Gasteiger partial charge in [-0.25, -0.2) is 4.98 Å². The normalized spacial score (nSPS) is 16.7. The number of amides is 1. The predicted molar refractivity (Wildman–Crippen MR) is 166 cm³/mol. The Bertz CT molecular complexity index is 1930. The SMILES string of the molecule is Cn1cnnc1-c1ccc(C(F)(F)F)cc1-c1cc(NCCCC#N)nc(N2Cc3c(cc(CN4CC[C@@H](O)C4)cc3C(F)(F)F)C2=O)c1. The van der Waals surface area contributed by atoms with Crippen molar-refractivity contribution in [1.82, 2.24) is 24.6 Å². The number of unbranched alkanes of at least 4 members (excludes halogenated alkanes) is 1. The smallest absolute Gasteiger partial charge is 0.392 e. The summed E-state index contributed by atoms with van der Waals surface area (Å²) >= 11 is 0. The number of aromatic nitrogens is 4. The van der Waals surface area contributed by atoms with Crippen LogP contribution in [0.3, 0.4) is 0 Å². The zero-order chi connectivity index (χ0) is 35.1.